The van der Waals surface area contributed by atoms with Crippen molar-refractivity contribution < 1.29 is 4.79 Å². The van der Waals surface area contributed by atoms with Crippen LogP contribution in [0.5, 0.6) is 0 Å². The van der Waals surface area contributed by atoms with Crippen LogP contribution in [0.1, 0.15) is 25.7 Å². The molecule has 1 aliphatic heterocycles. The van der Waals surface area contributed by atoms with Crippen molar-refractivity contribution in [1.82, 2.24) is 15.5 Å². The number of nitrogens with one attached hydrogen (secondary N) is 3. The van der Waals surface area contributed by atoms with Crippen LogP contribution in [0, 0.1) is 0 Å². The Kier molecular flexibility index (Phi) is 3.46. The lowest BCUT2D eigenvalue weighted by Gasteiger charge is -2.10. The van der Waals surface area contributed by atoms with Gasteiger partial charge in [0, 0.05) is 23.5 Å². The van der Waals surface area contributed by atoms with Crippen LogP contribution in [0.3, 0.4) is 0 Å². The van der Waals surface area contributed by atoms with E-state index in [1.54, 1.807) is 6.20 Å². The number of aromatic nitrogens is 2. The minimum absolute atomic E-state index is 0.0764. The minimum Gasteiger partial charge on any atom is -0.326 e. The highest BCUT2D eigenvalue weighted by molar-refractivity contribution is 5.93. The lowest BCUT2D eigenvalue weighted by Crippen LogP contribution is -2.23. The van der Waals surface area contributed by atoms with Crippen LogP contribution in [-0.2, 0) is 4.79 Å². The molecule has 2 aromatic rings. The topological polar surface area (TPSA) is 69.8 Å². The van der Waals surface area contributed by atoms with Crippen LogP contribution >= 0.6 is 0 Å². The zero-order chi connectivity index (χ0) is 13.1. The molecule has 2 heterocycles. The Morgan fingerprint density at radius 3 is 3.26 bits per heavy atom. The maximum Gasteiger partial charge on any atom is 0.224 e. The monoisotopic (exact) mass is 258 g/mol. The maximum absolute atomic E-state index is 11.9. The molecule has 5 nitrogen and oxygen atoms in total. The van der Waals surface area contributed by atoms with E-state index in [2.05, 4.69) is 20.8 Å². The predicted octanol–water partition coefficient (Wildman–Crippen LogP) is 2.03. The Balaban J connectivity index is 1.55. The summed E-state index contributed by atoms with van der Waals surface area (Å²) in [7, 11) is 0. The lowest BCUT2D eigenvalue weighted by atomic mass is 10.1. The quantitative estimate of drug-likeness (QED) is 0.786. The van der Waals surface area contributed by atoms with Gasteiger partial charge in [-0.15, -0.1) is 0 Å². The number of anilines is 1. The van der Waals surface area contributed by atoms with E-state index in [0.717, 1.165) is 29.6 Å². The van der Waals surface area contributed by atoms with Crippen molar-refractivity contribution in [3.8, 4) is 0 Å². The Hall–Kier alpha value is -1.88. The fraction of sp³-hybridized carbons (Fsp3) is 0.429. The third kappa shape index (κ3) is 2.93. The van der Waals surface area contributed by atoms with Crippen molar-refractivity contribution in [3.05, 3.63) is 24.4 Å². The van der Waals surface area contributed by atoms with E-state index in [0.29, 0.717) is 12.5 Å². The van der Waals surface area contributed by atoms with E-state index < -0.39 is 0 Å². The van der Waals surface area contributed by atoms with Crippen LogP contribution in [0.25, 0.3) is 10.9 Å². The van der Waals surface area contributed by atoms with Crippen molar-refractivity contribution in [1.29, 1.82) is 0 Å². The number of carbonyl (C=O) groups excluding carboxylic acids is 1. The average molecular weight is 258 g/mol. The van der Waals surface area contributed by atoms with Crippen LogP contribution < -0.4 is 10.6 Å². The molecule has 1 aliphatic rings. The number of hydrogen-bond acceptors (Lipinski definition) is 3. The molecule has 19 heavy (non-hydrogen) atoms. The number of amides is 1. The molecule has 100 valence electrons. The number of aromatic amines is 1. The standard InChI is InChI=1S/C14H18N4O/c19-14(6-5-11-2-1-7-15-11)17-12-4-3-10-9-16-18-13(10)8-12/h3-4,8-9,11,15H,1-2,5-7H2,(H,16,18)(H,17,19). The second kappa shape index (κ2) is 5.40. The molecule has 1 saturated heterocycles. The summed E-state index contributed by atoms with van der Waals surface area (Å²) in [5.74, 6) is 0.0764. The smallest absolute Gasteiger partial charge is 0.224 e. The average Bonchev–Trinajstić information content (AvgIpc) is 3.07. The van der Waals surface area contributed by atoms with Crippen LogP contribution in [-0.4, -0.2) is 28.7 Å². The highest BCUT2D eigenvalue weighted by Crippen LogP contribution is 2.17. The SMILES string of the molecule is O=C(CCC1CCCN1)Nc1ccc2cn[nH]c2c1. The van der Waals surface area contributed by atoms with E-state index in [9.17, 15) is 4.79 Å². The second-order valence-corrected chi connectivity index (χ2v) is 5.05. The third-order valence-corrected chi connectivity index (χ3v) is 3.61. The van der Waals surface area contributed by atoms with Crippen molar-refractivity contribution in [3.63, 3.8) is 0 Å². The maximum atomic E-state index is 11.9. The van der Waals surface area contributed by atoms with Crippen molar-refractivity contribution in [2.75, 3.05) is 11.9 Å². The van der Waals surface area contributed by atoms with E-state index in [1.165, 1.54) is 12.8 Å². The number of hydrogen-bond donors (Lipinski definition) is 3. The summed E-state index contributed by atoms with van der Waals surface area (Å²) in [4.78, 5) is 11.9. The van der Waals surface area contributed by atoms with Gasteiger partial charge in [-0.2, -0.15) is 5.10 Å². The fourth-order valence-electron chi connectivity index (χ4n) is 2.55. The van der Waals surface area contributed by atoms with Gasteiger partial charge >= 0.3 is 0 Å². The molecule has 0 aliphatic carbocycles. The Morgan fingerprint density at radius 2 is 2.42 bits per heavy atom. The molecule has 0 bridgehead atoms. The molecule has 0 radical (unpaired) electrons. The lowest BCUT2D eigenvalue weighted by molar-refractivity contribution is -0.116. The van der Waals surface area contributed by atoms with E-state index >= 15 is 0 Å². The van der Waals surface area contributed by atoms with Crippen LogP contribution in [0.15, 0.2) is 24.4 Å². The molecule has 1 aromatic carbocycles. The number of benzene rings is 1. The first kappa shape index (κ1) is 12.2. The zero-order valence-corrected chi connectivity index (χ0v) is 10.8. The number of nitrogens with zero attached hydrogens (tertiary/aromatic N) is 1. The molecule has 1 aromatic heterocycles. The molecule has 1 fully saturated rings. The Labute approximate surface area is 111 Å². The van der Waals surface area contributed by atoms with Gasteiger partial charge in [-0.25, -0.2) is 0 Å². The number of fused-ring (bicyclic) bond motifs is 1. The highest BCUT2D eigenvalue weighted by Gasteiger charge is 2.15. The predicted molar refractivity (Wildman–Crippen MR) is 75.0 cm³/mol. The van der Waals surface area contributed by atoms with Gasteiger partial charge < -0.3 is 10.6 Å². The molecule has 0 saturated carbocycles. The second-order valence-electron chi connectivity index (χ2n) is 5.05. The van der Waals surface area contributed by atoms with E-state index in [4.69, 9.17) is 0 Å². The van der Waals surface area contributed by atoms with Crippen LogP contribution in [0.2, 0.25) is 0 Å². The largest absolute Gasteiger partial charge is 0.326 e. The van der Waals surface area contributed by atoms with E-state index in [-0.39, 0.29) is 5.91 Å². The van der Waals surface area contributed by atoms with Gasteiger partial charge in [-0.1, -0.05) is 0 Å². The molecule has 5 heteroatoms. The van der Waals surface area contributed by atoms with Gasteiger partial charge in [0.2, 0.25) is 5.91 Å². The molecule has 1 atom stereocenters. The van der Waals surface area contributed by atoms with E-state index in [1.807, 2.05) is 18.2 Å². The van der Waals surface area contributed by atoms with Gasteiger partial charge in [-0.05, 0) is 44.0 Å². The van der Waals surface area contributed by atoms with Gasteiger partial charge in [0.15, 0.2) is 0 Å². The molecule has 1 unspecified atom stereocenters. The first-order valence-corrected chi connectivity index (χ1v) is 6.77. The number of H-pyrrole nitrogens is 1. The molecular weight excluding hydrogens is 240 g/mol. The molecule has 3 N–H and O–H groups in total. The van der Waals surface area contributed by atoms with Crippen LogP contribution in [0.4, 0.5) is 5.69 Å². The van der Waals surface area contributed by atoms with Crippen molar-refractivity contribution >= 4 is 22.5 Å². The summed E-state index contributed by atoms with van der Waals surface area (Å²) < 4.78 is 0. The van der Waals surface area contributed by atoms with Gasteiger partial charge in [-0.3, -0.25) is 9.89 Å². The van der Waals surface area contributed by atoms with Crippen molar-refractivity contribution in [2.24, 2.45) is 0 Å². The Bertz CT molecular complexity index is 572. The summed E-state index contributed by atoms with van der Waals surface area (Å²) in [5.41, 5.74) is 1.76. The molecule has 1 amide bonds. The van der Waals surface area contributed by atoms with Crippen molar-refractivity contribution in [2.45, 2.75) is 31.7 Å². The first-order chi connectivity index (χ1) is 9.31. The molecular formula is C14H18N4O. The Morgan fingerprint density at radius 1 is 1.47 bits per heavy atom. The van der Waals surface area contributed by atoms with Gasteiger partial charge in [0.1, 0.15) is 0 Å². The number of carbonyl (C=O) groups is 1. The third-order valence-electron chi connectivity index (χ3n) is 3.61. The zero-order valence-electron chi connectivity index (χ0n) is 10.8. The fourth-order valence-corrected chi connectivity index (χ4v) is 2.55. The first-order valence-electron chi connectivity index (χ1n) is 6.77. The summed E-state index contributed by atoms with van der Waals surface area (Å²) >= 11 is 0. The van der Waals surface area contributed by atoms with Gasteiger partial charge in [0.25, 0.3) is 0 Å². The summed E-state index contributed by atoms with van der Waals surface area (Å²) in [6.45, 7) is 1.09. The highest BCUT2D eigenvalue weighted by atomic mass is 16.1. The molecule has 0 spiro atoms. The summed E-state index contributed by atoms with van der Waals surface area (Å²) in [5, 5.41) is 14.2. The van der Waals surface area contributed by atoms with Gasteiger partial charge in [0.05, 0.1) is 11.7 Å². The number of rotatable bonds is 4. The minimum atomic E-state index is 0.0764. The normalized spacial score (nSPS) is 18.8. The molecule has 3 rings (SSSR count). The summed E-state index contributed by atoms with van der Waals surface area (Å²) in [6.07, 6.45) is 5.67. The summed E-state index contributed by atoms with van der Waals surface area (Å²) in [6, 6.07) is 6.28.